The molecule has 0 radical (unpaired) electrons. The second-order valence-electron chi connectivity index (χ2n) is 10.8. The number of fused-ring (bicyclic) bond motifs is 2. The summed E-state index contributed by atoms with van der Waals surface area (Å²) in [6.07, 6.45) is 0.658. The molecule has 2 aromatic heterocycles. The van der Waals surface area contributed by atoms with Crippen molar-refractivity contribution >= 4 is 50.1 Å². The van der Waals surface area contributed by atoms with Gasteiger partial charge in [0.2, 0.25) is 0 Å². The molecular formula is C35H25N5O6S. The minimum absolute atomic E-state index is 0.0514. The number of amides is 1. The highest BCUT2D eigenvalue weighted by atomic mass is 32.1. The monoisotopic (exact) mass is 643 g/mol. The summed E-state index contributed by atoms with van der Waals surface area (Å²) in [6.45, 7) is 0.975. The van der Waals surface area contributed by atoms with Crippen LogP contribution in [0.4, 0.5) is 16.6 Å². The number of aromatic nitrogens is 2. The number of ether oxygens (including phenoxy) is 1. The first kappa shape index (κ1) is 29.6. The summed E-state index contributed by atoms with van der Waals surface area (Å²) in [5, 5.41) is 24.6. The van der Waals surface area contributed by atoms with E-state index in [1.165, 1.54) is 35.6 Å². The maximum absolute atomic E-state index is 13.4. The number of hydrogen-bond acceptors (Lipinski definition) is 9. The van der Waals surface area contributed by atoms with Crippen LogP contribution in [0.15, 0.2) is 103 Å². The molecule has 12 heteroatoms. The number of nitrogens with one attached hydrogen (secondary N) is 1. The molecule has 0 unspecified atom stereocenters. The van der Waals surface area contributed by atoms with Crippen LogP contribution in [0, 0.1) is 10.1 Å². The van der Waals surface area contributed by atoms with E-state index >= 15 is 0 Å². The highest BCUT2D eigenvalue weighted by Gasteiger charge is 2.25. The Morgan fingerprint density at radius 3 is 2.51 bits per heavy atom. The van der Waals surface area contributed by atoms with E-state index in [1.807, 2.05) is 41.3 Å². The minimum atomic E-state index is -1.18. The van der Waals surface area contributed by atoms with Crippen molar-refractivity contribution in [2.75, 3.05) is 16.8 Å². The smallest absolute Gasteiger partial charge is 0.355 e. The van der Waals surface area contributed by atoms with E-state index < -0.39 is 10.9 Å². The normalized spacial score (nSPS) is 12.4. The molecule has 2 N–H and O–H groups in total. The fraction of sp³-hybridized carbons (Fsp3) is 0.0857. The van der Waals surface area contributed by atoms with Crippen molar-refractivity contribution in [3.8, 4) is 22.6 Å². The number of para-hydroxylation sites is 1. The fourth-order valence-corrected chi connectivity index (χ4v) is 6.46. The number of nitro groups is 1. The number of aromatic carboxylic acids is 1. The number of carbonyl (C=O) groups excluding carboxylic acids is 1. The number of thiazole rings is 1. The molecule has 0 fully saturated rings. The average Bonchev–Trinajstić information content (AvgIpc) is 3.50. The molecule has 232 valence electrons. The number of nitro benzene ring substituents is 1. The number of hydrogen-bond donors (Lipinski definition) is 2. The molecule has 0 aliphatic carbocycles. The number of non-ortho nitro benzene ring substituents is 1. The Morgan fingerprint density at radius 1 is 0.915 bits per heavy atom. The zero-order valence-electron chi connectivity index (χ0n) is 24.6. The van der Waals surface area contributed by atoms with Gasteiger partial charge in [0, 0.05) is 36.3 Å². The van der Waals surface area contributed by atoms with Gasteiger partial charge < -0.3 is 14.7 Å². The van der Waals surface area contributed by atoms with E-state index in [4.69, 9.17) is 4.74 Å². The van der Waals surface area contributed by atoms with Gasteiger partial charge in [0.15, 0.2) is 10.8 Å². The molecular weight excluding hydrogens is 618 g/mol. The molecule has 7 rings (SSSR count). The van der Waals surface area contributed by atoms with Crippen molar-refractivity contribution in [3.63, 3.8) is 0 Å². The van der Waals surface area contributed by atoms with Crippen LogP contribution in [0.3, 0.4) is 0 Å². The number of carbonyl (C=O) groups is 2. The summed E-state index contributed by atoms with van der Waals surface area (Å²) in [5.74, 6) is -0.124. The molecule has 0 spiro atoms. The van der Waals surface area contributed by atoms with Crippen LogP contribution in [0.5, 0.6) is 11.5 Å². The lowest BCUT2D eigenvalue weighted by molar-refractivity contribution is -0.384. The van der Waals surface area contributed by atoms with Gasteiger partial charge in [-0.05, 0) is 77.7 Å². The summed E-state index contributed by atoms with van der Waals surface area (Å²) in [6, 6.07) is 29.5. The van der Waals surface area contributed by atoms with Crippen molar-refractivity contribution in [3.05, 3.63) is 136 Å². The lowest BCUT2D eigenvalue weighted by atomic mass is 9.94. The van der Waals surface area contributed by atoms with Crippen LogP contribution in [-0.2, 0) is 13.0 Å². The van der Waals surface area contributed by atoms with Crippen molar-refractivity contribution in [1.82, 2.24) is 9.97 Å². The second kappa shape index (κ2) is 12.3. The molecule has 47 heavy (non-hydrogen) atoms. The Morgan fingerprint density at radius 2 is 1.72 bits per heavy atom. The molecule has 0 bridgehead atoms. The van der Waals surface area contributed by atoms with Gasteiger partial charge in [-0.3, -0.25) is 20.2 Å². The number of benzene rings is 4. The van der Waals surface area contributed by atoms with Crippen LogP contribution in [0.1, 0.15) is 32.0 Å². The molecule has 11 nitrogen and oxygen atoms in total. The van der Waals surface area contributed by atoms with Crippen LogP contribution >= 0.6 is 11.3 Å². The molecule has 0 saturated heterocycles. The molecule has 0 saturated carbocycles. The first-order valence-corrected chi connectivity index (χ1v) is 15.4. The van der Waals surface area contributed by atoms with E-state index in [0.717, 1.165) is 21.3 Å². The Hall–Kier alpha value is -6.14. The standard InChI is InChI=1S/C35H25N5O6S/c41-33(38-35-36-29-9-1-2-10-30(29)47-35)27-8-4-5-21-17-18-39(20-28(21)27)31-16-15-26(32(37-31)34(42)43)22-6-3-7-25(19-22)46-24-13-11-23(12-14-24)40(44)45/h1-16,19H,17-18,20H2,(H,42,43)(H,36,38,41). The molecule has 0 atom stereocenters. The SMILES string of the molecule is O=C(Nc1nc2ccccc2s1)c1cccc2c1CN(c1ccc(-c3cccc(Oc4ccc([N+](=O)[O-])cc4)c3)c(C(=O)O)n1)CC2. The van der Waals surface area contributed by atoms with E-state index in [9.17, 15) is 24.8 Å². The summed E-state index contributed by atoms with van der Waals surface area (Å²) in [5.41, 5.74) is 4.08. The van der Waals surface area contributed by atoms with E-state index in [0.29, 0.717) is 58.6 Å². The first-order valence-electron chi connectivity index (χ1n) is 14.6. The van der Waals surface area contributed by atoms with Gasteiger partial charge in [0.25, 0.3) is 11.6 Å². The lowest BCUT2D eigenvalue weighted by Gasteiger charge is -2.31. The zero-order chi connectivity index (χ0) is 32.5. The summed E-state index contributed by atoms with van der Waals surface area (Å²) in [4.78, 5) is 47.4. The van der Waals surface area contributed by atoms with Gasteiger partial charge in [0.05, 0.1) is 15.1 Å². The van der Waals surface area contributed by atoms with Gasteiger partial charge in [-0.15, -0.1) is 0 Å². The van der Waals surface area contributed by atoms with Crippen molar-refractivity contribution in [2.24, 2.45) is 0 Å². The van der Waals surface area contributed by atoms with E-state index in [2.05, 4.69) is 15.3 Å². The molecule has 4 aromatic carbocycles. The molecule has 3 heterocycles. The number of carboxylic acids is 1. The van der Waals surface area contributed by atoms with Gasteiger partial charge in [0.1, 0.15) is 17.3 Å². The predicted octanol–water partition coefficient (Wildman–Crippen LogP) is 7.57. The third-order valence-corrected chi connectivity index (χ3v) is 8.82. The topological polar surface area (TPSA) is 148 Å². The maximum atomic E-state index is 13.4. The fourth-order valence-electron chi connectivity index (χ4n) is 5.60. The largest absolute Gasteiger partial charge is 0.476 e. The average molecular weight is 644 g/mol. The summed E-state index contributed by atoms with van der Waals surface area (Å²) < 4.78 is 6.86. The molecule has 1 amide bonds. The van der Waals surface area contributed by atoms with Crippen molar-refractivity contribution in [2.45, 2.75) is 13.0 Å². The number of rotatable bonds is 8. The molecule has 1 aliphatic rings. The van der Waals surface area contributed by atoms with E-state index in [1.54, 1.807) is 42.5 Å². The van der Waals surface area contributed by atoms with Crippen LogP contribution < -0.4 is 15.0 Å². The van der Waals surface area contributed by atoms with Crippen LogP contribution in [-0.4, -0.2) is 38.4 Å². The maximum Gasteiger partial charge on any atom is 0.355 e. The Balaban J connectivity index is 1.13. The third kappa shape index (κ3) is 6.09. The van der Waals surface area contributed by atoms with Gasteiger partial charge in [-0.1, -0.05) is 47.7 Å². The zero-order valence-corrected chi connectivity index (χ0v) is 25.4. The summed E-state index contributed by atoms with van der Waals surface area (Å²) >= 11 is 1.41. The number of pyridine rings is 1. The van der Waals surface area contributed by atoms with Crippen LogP contribution in [0.25, 0.3) is 21.3 Å². The molecule has 1 aliphatic heterocycles. The number of carboxylic acid groups (broad SMARTS) is 1. The number of anilines is 2. The second-order valence-corrected chi connectivity index (χ2v) is 11.8. The summed E-state index contributed by atoms with van der Waals surface area (Å²) in [7, 11) is 0. The quantitative estimate of drug-likeness (QED) is 0.127. The predicted molar refractivity (Wildman–Crippen MR) is 179 cm³/mol. The van der Waals surface area contributed by atoms with Crippen molar-refractivity contribution < 1.29 is 24.4 Å². The van der Waals surface area contributed by atoms with Crippen molar-refractivity contribution in [1.29, 1.82) is 0 Å². The molecule has 6 aromatic rings. The Kier molecular flexibility index (Phi) is 7.76. The Labute approximate surface area is 271 Å². The van der Waals surface area contributed by atoms with Gasteiger partial charge >= 0.3 is 5.97 Å². The Bertz CT molecular complexity index is 2150. The number of nitrogens with zero attached hydrogens (tertiary/aromatic N) is 4. The first-order chi connectivity index (χ1) is 22.8. The van der Waals surface area contributed by atoms with E-state index in [-0.39, 0.29) is 17.3 Å². The third-order valence-electron chi connectivity index (χ3n) is 7.87. The lowest BCUT2D eigenvalue weighted by Crippen LogP contribution is -2.33. The minimum Gasteiger partial charge on any atom is -0.476 e. The highest BCUT2D eigenvalue weighted by Crippen LogP contribution is 2.33. The highest BCUT2D eigenvalue weighted by molar-refractivity contribution is 7.22. The van der Waals surface area contributed by atoms with Gasteiger partial charge in [-0.2, -0.15) is 0 Å². The van der Waals surface area contributed by atoms with Gasteiger partial charge in [-0.25, -0.2) is 14.8 Å². The van der Waals surface area contributed by atoms with Crippen LogP contribution in [0.2, 0.25) is 0 Å².